The van der Waals surface area contributed by atoms with E-state index in [0.717, 1.165) is 40.7 Å². The Morgan fingerprint density at radius 1 is 1.09 bits per heavy atom. The molecule has 6 rings (SSSR count). The summed E-state index contributed by atoms with van der Waals surface area (Å²) in [5.74, 6) is 1.75. The Balaban J connectivity index is 1.29. The fourth-order valence-electron chi connectivity index (χ4n) is 4.56. The lowest BCUT2D eigenvalue weighted by Gasteiger charge is -2.23. The van der Waals surface area contributed by atoms with Crippen LogP contribution >= 0.6 is 0 Å². The number of amides is 1. The molecule has 1 N–H and O–H groups in total. The van der Waals surface area contributed by atoms with Gasteiger partial charge in [-0.15, -0.1) is 0 Å². The highest BCUT2D eigenvalue weighted by molar-refractivity contribution is 5.94. The zero-order valence-electron chi connectivity index (χ0n) is 19.3. The number of hydrogen-bond acceptors (Lipinski definition) is 5. The quantitative estimate of drug-likeness (QED) is 0.382. The number of nitrogens with one attached hydrogen (secondary N) is 1. The molecule has 2 saturated carbocycles. The first-order valence-electron chi connectivity index (χ1n) is 12.1. The number of fused-ring (bicyclic) bond motifs is 1. The summed E-state index contributed by atoms with van der Waals surface area (Å²) < 4.78 is 5.40. The van der Waals surface area contributed by atoms with Crippen molar-refractivity contribution in [2.24, 2.45) is 0 Å². The van der Waals surface area contributed by atoms with Crippen molar-refractivity contribution in [2.45, 2.75) is 57.7 Å². The molecule has 2 aromatic heterocycles. The number of anilines is 1. The molecule has 0 bridgehead atoms. The molecule has 0 spiro atoms. The predicted octanol–water partition coefficient (Wildman–Crippen LogP) is 5.51. The van der Waals surface area contributed by atoms with Gasteiger partial charge in [0, 0.05) is 24.0 Å². The molecule has 0 saturated heterocycles. The Labute approximate surface area is 199 Å². The highest BCUT2D eigenvalue weighted by Crippen LogP contribution is 2.34. The molecule has 34 heavy (non-hydrogen) atoms. The average Bonchev–Trinajstić information content (AvgIpc) is 3.77. The summed E-state index contributed by atoms with van der Waals surface area (Å²) >= 11 is 0. The van der Waals surface area contributed by atoms with E-state index >= 15 is 0 Å². The molecular weight excluding hydrogens is 424 g/mol. The molecule has 6 heteroatoms. The molecule has 4 aromatic rings. The molecule has 172 valence electrons. The Hall–Kier alpha value is -3.67. The first kappa shape index (κ1) is 20.9. The van der Waals surface area contributed by atoms with Gasteiger partial charge in [-0.25, -0.2) is 9.97 Å². The largest absolute Gasteiger partial charge is 0.469 e. The van der Waals surface area contributed by atoms with Gasteiger partial charge in [0.2, 0.25) is 5.91 Å². The van der Waals surface area contributed by atoms with Gasteiger partial charge in [0.05, 0.1) is 18.2 Å². The number of benzene rings is 2. The Kier molecular flexibility index (Phi) is 5.28. The lowest BCUT2D eigenvalue weighted by molar-refractivity contribution is -0.131. The lowest BCUT2D eigenvalue weighted by atomic mass is 9.96. The van der Waals surface area contributed by atoms with E-state index in [2.05, 4.69) is 58.6 Å². The second-order valence-electron chi connectivity index (χ2n) is 9.53. The summed E-state index contributed by atoms with van der Waals surface area (Å²) in [5.41, 5.74) is 5.58. The zero-order chi connectivity index (χ0) is 23.1. The SMILES string of the molecule is Cc1cc2ncnc(NC3CC3)c2cc1-c1cccc(CN(C(=O)Cc2ccco2)C2CC2)c1. The second-order valence-corrected chi connectivity index (χ2v) is 9.53. The van der Waals surface area contributed by atoms with Gasteiger partial charge in [0.25, 0.3) is 0 Å². The van der Waals surface area contributed by atoms with Crippen molar-refractivity contribution >= 4 is 22.6 Å². The van der Waals surface area contributed by atoms with Gasteiger partial charge in [0.1, 0.15) is 17.9 Å². The van der Waals surface area contributed by atoms with Gasteiger partial charge in [0.15, 0.2) is 0 Å². The van der Waals surface area contributed by atoms with E-state index in [1.807, 2.05) is 17.0 Å². The van der Waals surface area contributed by atoms with E-state index in [1.54, 1.807) is 12.6 Å². The first-order chi connectivity index (χ1) is 16.6. The molecule has 0 radical (unpaired) electrons. The maximum absolute atomic E-state index is 13.0. The molecule has 1 amide bonds. The fraction of sp³-hybridized carbons (Fsp3) is 0.321. The molecule has 2 heterocycles. The maximum Gasteiger partial charge on any atom is 0.230 e. The van der Waals surface area contributed by atoms with Gasteiger partial charge in [-0.2, -0.15) is 0 Å². The van der Waals surface area contributed by atoms with E-state index in [0.29, 0.717) is 30.8 Å². The van der Waals surface area contributed by atoms with E-state index < -0.39 is 0 Å². The van der Waals surface area contributed by atoms with Crippen molar-refractivity contribution < 1.29 is 9.21 Å². The lowest BCUT2D eigenvalue weighted by Crippen LogP contribution is -2.33. The van der Waals surface area contributed by atoms with Crippen molar-refractivity contribution in [1.29, 1.82) is 0 Å². The van der Waals surface area contributed by atoms with Crippen molar-refractivity contribution in [1.82, 2.24) is 14.9 Å². The van der Waals surface area contributed by atoms with E-state index in [9.17, 15) is 4.79 Å². The molecule has 2 aliphatic rings. The van der Waals surface area contributed by atoms with Crippen LogP contribution in [0.3, 0.4) is 0 Å². The number of furan rings is 1. The smallest absolute Gasteiger partial charge is 0.230 e. The summed E-state index contributed by atoms with van der Waals surface area (Å²) in [5, 5.41) is 4.59. The van der Waals surface area contributed by atoms with Crippen molar-refractivity contribution in [3.63, 3.8) is 0 Å². The summed E-state index contributed by atoms with van der Waals surface area (Å²) in [6.45, 7) is 2.74. The minimum Gasteiger partial charge on any atom is -0.469 e. The Bertz CT molecular complexity index is 1340. The van der Waals surface area contributed by atoms with E-state index in [1.165, 1.54) is 24.0 Å². The van der Waals surface area contributed by atoms with E-state index in [4.69, 9.17) is 4.42 Å². The van der Waals surface area contributed by atoms with Crippen LogP contribution < -0.4 is 5.32 Å². The van der Waals surface area contributed by atoms with Crippen molar-refractivity contribution in [3.8, 4) is 11.1 Å². The number of carbonyl (C=O) groups is 1. The van der Waals surface area contributed by atoms with Crippen LogP contribution in [0.4, 0.5) is 5.82 Å². The summed E-state index contributed by atoms with van der Waals surface area (Å²) in [7, 11) is 0. The van der Waals surface area contributed by atoms with Crippen LogP contribution in [0, 0.1) is 6.92 Å². The monoisotopic (exact) mass is 452 g/mol. The molecule has 2 aromatic carbocycles. The van der Waals surface area contributed by atoms with Gasteiger partial charge < -0.3 is 14.6 Å². The molecule has 2 aliphatic carbocycles. The van der Waals surface area contributed by atoms with Gasteiger partial charge in [-0.3, -0.25) is 4.79 Å². The second kappa shape index (κ2) is 8.60. The van der Waals surface area contributed by atoms with Gasteiger partial charge in [-0.05, 0) is 85.2 Å². The standard InChI is InChI=1S/C28H28N4O2/c1-18-12-26-25(28(30-17-29-26)31-21-7-8-21)15-24(18)20-5-2-4-19(13-20)16-32(22-9-10-22)27(33)14-23-6-3-11-34-23/h2-6,11-13,15,17,21-22H,7-10,14,16H2,1H3,(H,29,30,31). The Morgan fingerprint density at radius 3 is 2.74 bits per heavy atom. The third kappa shape index (κ3) is 4.40. The molecule has 6 nitrogen and oxygen atoms in total. The molecule has 0 unspecified atom stereocenters. The van der Waals surface area contributed by atoms with E-state index in [-0.39, 0.29) is 5.91 Å². The molecular formula is C28H28N4O2. The van der Waals surface area contributed by atoms with Crippen LogP contribution in [0.25, 0.3) is 22.0 Å². The van der Waals surface area contributed by atoms with Crippen molar-refractivity contribution in [2.75, 3.05) is 5.32 Å². The first-order valence-corrected chi connectivity index (χ1v) is 12.1. The van der Waals surface area contributed by atoms with Crippen LogP contribution in [0.2, 0.25) is 0 Å². The summed E-state index contributed by atoms with van der Waals surface area (Å²) in [6, 6.07) is 17.4. The summed E-state index contributed by atoms with van der Waals surface area (Å²) in [4.78, 5) is 24.0. The van der Waals surface area contributed by atoms with Crippen LogP contribution in [-0.4, -0.2) is 32.9 Å². The van der Waals surface area contributed by atoms with Crippen LogP contribution in [0.15, 0.2) is 65.5 Å². The van der Waals surface area contributed by atoms with Crippen LogP contribution in [0.1, 0.15) is 42.6 Å². The number of aryl methyl sites for hydroxylation is 1. The van der Waals surface area contributed by atoms with Gasteiger partial charge in [-0.1, -0.05) is 18.2 Å². The third-order valence-corrected chi connectivity index (χ3v) is 6.70. The predicted molar refractivity (Wildman–Crippen MR) is 132 cm³/mol. The highest BCUT2D eigenvalue weighted by Gasteiger charge is 2.32. The number of hydrogen-bond donors (Lipinski definition) is 1. The van der Waals surface area contributed by atoms with Crippen molar-refractivity contribution in [3.05, 3.63) is 78.0 Å². The fourth-order valence-corrected chi connectivity index (χ4v) is 4.56. The Morgan fingerprint density at radius 2 is 1.97 bits per heavy atom. The normalized spacial score (nSPS) is 15.4. The number of nitrogens with zero attached hydrogens (tertiary/aromatic N) is 3. The summed E-state index contributed by atoms with van der Waals surface area (Å²) in [6.07, 6.45) is 8.11. The molecule has 0 aliphatic heterocycles. The molecule has 2 fully saturated rings. The highest BCUT2D eigenvalue weighted by atomic mass is 16.3. The number of carbonyl (C=O) groups excluding carboxylic acids is 1. The number of rotatable bonds is 8. The average molecular weight is 453 g/mol. The van der Waals surface area contributed by atoms with Gasteiger partial charge >= 0.3 is 0 Å². The topological polar surface area (TPSA) is 71.3 Å². The molecule has 0 atom stereocenters. The van der Waals surface area contributed by atoms with Crippen LogP contribution in [-0.2, 0) is 17.8 Å². The number of aromatic nitrogens is 2. The minimum atomic E-state index is 0.123. The zero-order valence-corrected chi connectivity index (χ0v) is 19.3. The maximum atomic E-state index is 13.0. The minimum absolute atomic E-state index is 0.123. The van der Waals surface area contributed by atoms with Crippen LogP contribution in [0.5, 0.6) is 0 Å². The third-order valence-electron chi connectivity index (χ3n) is 6.70.